The van der Waals surface area contributed by atoms with Gasteiger partial charge in [0.15, 0.2) is 6.29 Å². The van der Waals surface area contributed by atoms with Gasteiger partial charge in [-0.3, -0.25) is 9.69 Å². The van der Waals surface area contributed by atoms with Gasteiger partial charge in [-0.25, -0.2) is 13.1 Å². The van der Waals surface area contributed by atoms with Gasteiger partial charge < -0.3 is 19.1 Å². The second kappa shape index (κ2) is 14.1. The number of carbonyl (C=O) groups is 1. The average molecular weight is 740 g/mol. The summed E-state index contributed by atoms with van der Waals surface area (Å²) in [6.07, 6.45) is 10.1. The quantitative estimate of drug-likeness (QED) is 0.379. The van der Waals surface area contributed by atoms with Crippen LogP contribution in [0.3, 0.4) is 0 Å². The molecule has 3 aliphatic carbocycles. The number of aryl methyl sites for hydroxylation is 1. The third kappa shape index (κ3) is 7.05. The summed E-state index contributed by atoms with van der Waals surface area (Å²) in [5, 5.41) is 0.0366. The Kier molecular flexibility index (Phi) is 9.87. The van der Waals surface area contributed by atoms with Crippen molar-refractivity contribution >= 4 is 33.2 Å². The number of ether oxygens (including phenoxy) is 3. The molecular weight excluding hydrogens is 686 g/mol. The number of carbonyl (C=O) groups excluding carboxylic acids is 1. The van der Waals surface area contributed by atoms with E-state index >= 15 is 0 Å². The molecule has 3 heterocycles. The zero-order valence-electron chi connectivity index (χ0n) is 30.3. The predicted octanol–water partition coefficient (Wildman–Crippen LogP) is 6.56. The van der Waals surface area contributed by atoms with Crippen molar-refractivity contribution in [2.75, 3.05) is 44.9 Å². The van der Waals surface area contributed by atoms with Crippen molar-refractivity contribution in [1.82, 2.24) is 9.62 Å². The van der Waals surface area contributed by atoms with Crippen molar-refractivity contribution in [3.05, 3.63) is 58.1 Å². The minimum Gasteiger partial charge on any atom is -0.490 e. The summed E-state index contributed by atoms with van der Waals surface area (Å²) >= 11 is 6.49. The van der Waals surface area contributed by atoms with E-state index in [1.165, 1.54) is 24.0 Å². The largest absolute Gasteiger partial charge is 0.490 e. The van der Waals surface area contributed by atoms with Crippen LogP contribution in [0.15, 0.2) is 36.4 Å². The van der Waals surface area contributed by atoms with Crippen molar-refractivity contribution in [2.24, 2.45) is 23.7 Å². The standard InChI is InChI=1S/C40H54ClN3O6S/c1-25-6-4-8-34(39-48-21-32(22-49-39)43(3)31-12-13-31)33-14-9-29(33)20-44-23-40(17-5-7-27-18-30(41)11-15-35(27)40)24-50-37-16-10-28(19-36(37)44)38(45)42-51(46,47)26(25)2/h10-11,15-16,18-19,25-26,29,31-34,39H,4-9,12-14,17,20-24H2,1-3H3,(H,42,45)/t25-,26+,29-,32-,33+,34-,39-,40-/m0/s1. The van der Waals surface area contributed by atoms with Gasteiger partial charge in [0.2, 0.25) is 10.0 Å². The van der Waals surface area contributed by atoms with Crippen LogP contribution in [0, 0.1) is 23.7 Å². The second-order valence-corrected chi connectivity index (χ2v) is 19.1. The first-order chi connectivity index (χ1) is 24.5. The number of benzene rings is 2. The minimum absolute atomic E-state index is 0.119. The zero-order valence-corrected chi connectivity index (χ0v) is 31.9. The van der Waals surface area contributed by atoms with Crippen LogP contribution in [0.1, 0.15) is 93.1 Å². The van der Waals surface area contributed by atoms with Gasteiger partial charge in [0.1, 0.15) is 5.75 Å². The molecule has 1 spiro atoms. The Morgan fingerprint density at radius 1 is 0.941 bits per heavy atom. The maximum atomic E-state index is 13.6. The molecule has 278 valence electrons. The Morgan fingerprint density at radius 3 is 2.49 bits per heavy atom. The molecule has 1 saturated heterocycles. The van der Waals surface area contributed by atoms with Crippen LogP contribution in [-0.2, 0) is 31.3 Å². The van der Waals surface area contributed by atoms with Gasteiger partial charge in [0.25, 0.3) is 5.91 Å². The highest BCUT2D eigenvalue weighted by atomic mass is 35.5. The fourth-order valence-corrected chi connectivity index (χ4v) is 11.2. The number of nitrogens with one attached hydrogen (secondary N) is 1. The molecule has 2 bridgehead atoms. The highest BCUT2D eigenvalue weighted by Crippen LogP contribution is 2.49. The Balaban J connectivity index is 1.14. The number of nitrogens with zero attached hydrogens (tertiary/aromatic N) is 2. The van der Waals surface area contributed by atoms with Crippen molar-refractivity contribution in [2.45, 2.75) is 107 Å². The van der Waals surface area contributed by atoms with Gasteiger partial charge in [-0.05, 0) is 131 Å². The Bertz CT molecular complexity index is 1730. The molecule has 2 saturated carbocycles. The maximum absolute atomic E-state index is 13.6. The average Bonchev–Trinajstić information content (AvgIpc) is 3.97. The first-order valence-corrected chi connectivity index (χ1v) is 21.3. The van der Waals surface area contributed by atoms with Crippen LogP contribution < -0.4 is 14.4 Å². The van der Waals surface area contributed by atoms with Crippen molar-refractivity contribution in [1.29, 1.82) is 0 Å². The number of fused-ring (bicyclic) bond motifs is 4. The lowest BCUT2D eigenvalue weighted by atomic mass is 9.64. The molecule has 0 aromatic heterocycles. The molecule has 1 amide bonds. The Morgan fingerprint density at radius 2 is 1.75 bits per heavy atom. The molecule has 0 radical (unpaired) electrons. The molecular formula is C40H54ClN3O6S. The second-order valence-electron chi connectivity index (χ2n) is 16.6. The third-order valence-corrected chi connectivity index (χ3v) is 15.6. The lowest BCUT2D eigenvalue weighted by Crippen LogP contribution is -2.52. The van der Waals surface area contributed by atoms with Crippen molar-refractivity contribution in [3.8, 4) is 5.75 Å². The molecule has 9 nitrogen and oxygen atoms in total. The van der Waals surface area contributed by atoms with E-state index in [4.69, 9.17) is 25.8 Å². The first-order valence-electron chi connectivity index (χ1n) is 19.3. The maximum Gasteiger partial charge on any atom is 0.264 e. The number of hydrogen-bond donors (Lipinski definition) is 1. The normalized spacial score (nSPS) is 35.5. The van der Waals surface area contributed by atoms with Gasteiger partial charge in [0.05, 0.1) is 36.8 Å². The van der Waals surface area contributed by atoms with E-state index < -0.39 is 21.2 Å². The molecule has 51 heavy (non-hydrogen) atoms. The monoisotopic (exact) mass is 739 g/mol. The van der Waals surface area contributed by atoms with E-state index in [2.05, 4.69) is 33.7 Å². The summed E-state index contributed by atoms with van der Waals surface area (Å²) in [6.45, 7) is 7.15. The van der Waals surface area contributed by atoms with Gasteiger partial charge in [-0.15, -0.1) is 0 Å². The van der Waals surface area contributed by atoms with E-state index in [1.807, 2.05) is 25.1 Å². The predicted molar refractivity (Wildman–Crippen MR) is 199 cm³/mol. The summed E-state index contributed by atoms with van der Waals surface area (Å²) in [5.41, 5.74) is 3.51. The van der Waals surface area contributed by atoms with Gasteiger partial charge in [0, 0.05) is 41.1 Å². The van der Waals surface area contributed by atoms with E-state index in [0.29, 0.717) is 43.3 Å². The van der Waals surface area contributed by atoms with E-state index in [1.54, 1.807) is 13.0 Å². The van der Waals surface area contributed by atoms with Gasteiger partial charge >= 0.3 is 0 Å². The summed E-state index contributed by atoms with van der Waals surface area (Å²) in [7, 11) is -1.71. The van der Waals surface area contributed by atoms with Crippen LogP contribution in [0.5, 0.6) is 5.75 Å². The molecule has 2 aromatic rings. The SMILES string of the molecule is C[C@@H]1[C@@H](C)CCC[C@H]([C@H]2OC[C@H](N(C)C3CC3)CO2)[C@@H]2CC[C@H]2CN2C[C@@]3(CCCc4cc(Cl)ccc43)COc3ccc(cc32)C(=O)NS1(=O)=O. The molecule has 6 aliphatic rings. The number of hydrogen-bond acceptors (Lipinski definition) is 8. The summed E-state index contributed by atoms with van der Waals surface area (Å²) in [4.78, 5) is 18.5. The van der Waals surface area contributed by atoms with Crippen LogP contribution in [0.4, 0.5) is 5.69 Å². The minimum atomic E-state index is -3.90. The number of sulfonamides is 1. The molecule has 8 rings (SSSR count). The smallest absolute Gasteiger partial charge is 0.264 e. The lowest BCUT2D eigenvalue weighted by Gasteiger charge is -2.49. The Hall–Kier alpha value is -2.37. The number of rotatable bonds is 3. The van der Waals surface area contributed by atoms with Crippen molar-refractivity contribution in [3.63, 3.8) is 0 Å². The fraction of sp³-hybridized carbons (Fsp3) is 0.675. The van der Waals surface area contributed by atoms with Crippen LogP contribution in [0.2, 0.25) is 5.02 Å². The van der Waals surface area contributed by atoms with E-state index in [9.17, 15) is 13.2 Å². The number of halogens is 1. The van der Waals surface area contributed by atoms with Crippen molar-refractivity contribution < 1.29 is 27.4 Å². The highest BCUT2D eigenvalue weighted by molar-refractivity contribution is 7.90. The zero-order chi connectivity index (χ0) is 35.5. The lowest BCUT2D eigenvalue weighted by molar-refractivity contribution is -0.242. The molecule has 3 aliphatic heterocycles. The summed E-state index contributed by atoms with van der Waals surface area (Å²) in [6, 6.07) is 12.6. The fourth-order valence-electron chi connectivity index (χ4n) is 9.74. The molecule has 6 atom stereocenters. The van der Waals surface area contributed by atoms with Gasteiger partial charge in [-0.2, -0.15) is 0 Å². The molecule has 2 aromatic carbocycles. The molecule has 0 unspecified atom stereocenters. The number of amides is 1. The van der Waals surface area contributed by atoms with E-state index in [-0.39, 0.29) is 29.6 Å². The number of likely N-dealkylation sites (N-methyl/N-ethyl adjacent to an activating group) is 1. The number of anilines is 1. The third-order valence-electron chi connectivity index (χ3n) is 13.5. The molecule has 11 heteroatoms. The molecule has 3 fully saturated rings. The molecule has 1 N–H and O–H groups in total. The first kappa shape index (κ1) is 35.6. The van der Waals surface area contributed by atoms with Crippen LogP contribution in [0.25, 0.3) is 0 Å². The summed E-state index contributed by atoms with van der Waals surface area (Å²) in [5.74, 6) is 1.08. The summed E-state index contributed by atoms with van der Waals surface area (Å²) < 4.78 is 49.4. The van der Waals surface area contributed by atoms with Gasteiger partial charge in [-0.1, -0.05) is 31.0 Å². The van der Waals surface area contributed by atoms with E-state index in [0.717, 1.165) is 80.9 Å². The Labute approximate surface area is 308 Å². The highest BCUT2D eigenvalue weighted by Gasteiger charge is 2.47. The van der Waals surface area contributed by atoms with Crippen LogP contribution in [-0.4, -0.2) is 82.8 Å². The van der Waals surface area contributed by atoms with Crippen LogP contribution >= 0.6 is 11.6 Å². The topological polar surface area (TPSA) is 97.4 Å².